The average molecular weight is 442 g/mol. The summed E-state index contributed by atoms with van der Waals surface area (Å²) in [6, 6.07) is 4.24. The molecule has 0 spiro atoms. The number of aromatic hydroxyl groups is 1. The number of ether oxygens (including phenoxy) is 2. The Bertz CT molecular complexity index is 859. The molecule has 1 fully saturated rings. The summed E-state index contributed by atoms with van der Waals surface area (Å²) in [7, 11) is 2.06. The van der Waals surface area contributed by atoms with E-state index in [2.05, 4.69) is 38.5 Å². The van der Waals surface area contributed by atoms with Crippen molar-refractivity contribution in [1.82, 2.24) is 4.90 Å². The third-order valence-corrected chi connectivity index (χ3v) is 6.82. The van der Waals surface area contributed by atoms with E-state index in [1.54, 1.807) is 0 Å². The van der Waals surface area contributed by atoms with Crippen molar-refractivity contribution in [3.8, 4) is 11.5 Å². The fourth-order valence-electron chi connectivity index (χ4n) is 4.71. The van der Waals surface area contributed by atoms with Gasteiger partial charge in [0, 0.05) is 24.1 Å². The topological polar surface area (TPSA) is 58.8 Å². The molecule has 1 N–H and O–H groups in total. The average Bonchev–Trinajstić information content (AvgIpc) is 3.42. The second kappa shape index (κ2) is 11.0. The zero-order valence-corrected chi connectivity index (χ0v) is 20.2. The maximum absolute atomic E-state index is 12.5. The van der Waals surface area contributed by atoms with Crippen LogP contribution in [-0.2, 0) is 11.2 Å². The molecule has 1 aliphatic carbocycles. The van der Waals surface area contributed by atoms with E-state index >= 15 is 0 Å². The molecule has 0 amide bonds. The van der Waals surface area contributed by atoms with E-state index in [4.69, 9.17) is 9.47 Å². The van der Waals surface area contributed by atoms with Gasteiger partial charge < -0.3 is 19.5 Å². The Labute approximate surface area is 193 Å². The maximum atomic E-state index is 12.5. The van der Waals surface area contributed by atoms with Crippen LogP contribution in [0.4, 0.5) is 4.79 Å². The van der Waals surface area contributed by atoms with E-state index in [1.807, 2.05) is 19.1 Å². The van der Waals surface area contributed by atoms with Crippen molar-refractivity contribution >= 4 is 6.16 Å². The van der Waals surface area contributed by atoms with Crippen LogP contribution in [0, 0.1) is 5.92 Å². The first kappa shape index (κ1) is 24.4. The van der Waals surface area contributed by atoms with E-state index in [0.29, 0.717) is 24.0 Å². The van der Waals surface area contributed by atoms with E-state index < -0.39 is 6.16 Å². The molecule has 5 nitrogen and oxygen atoms in total. The number of hydrogen-bond acceptors (Lipinski definition) is 5. The molecule has 2 aliphatic rings. The van der Waals surface area contributed by atoms with Gasteiger partial charge in [0.25, 0.3) is 0 Å². The van der Waals surface area contributed by atoms with Crippen molar-refractivity contribution in [2.24, 2.45) is 5.92 Å². The highest BCUT2D eigenvalue weighted by Crippen LogP contribution is 2.47. The molecule has 0 bridgehead atoms. The smallest absolute Gasteiger partial charge is 0.507 e. The van der Waals surface area contributed by atoms with Crippen molar-refractivity contribution in [3.05, 3.63) is 47.1 Å². The number of nitrogens with zero attached hydrogens (tertiary/aromatic N) is 1. The molecule has 1 heterocycles. The molecule has 1 aromatic rings. The number of aryl methyl sites for hydroxylation is 1. The normalized spacial score (nSPS) is 24.6. The number of likely N-dealkylation sites (N-methyl/N-ethyl adjacent to an activating group) is 1. The number of rotatable bonds is 10. The van der Waals surface area contributed by atoms with Crippen LogP contribution in [0.3, 0.4) is 0 Å². The van der Waals surface area contributed by atoms with Crippen LogP contribution >= 0.6 is 0 Å². The number of carbonyl (C=O) groups excluding carboxylic acids is 1. The fourth-order valence-corrected chi connectivity index (χ4v) is 4.71. The van der Waals surface area contributed by atoms with Crippen molar-refractivity contribution in [2.75, 3.05) is 20.2 Å². The van der Waals surface area contributed by atoms with Crippen molar-refractivity contribution in [2.45, 2.75) is 77.7 Å². The van der Waals surface area contributed by atoms with E-state index in [0.717, 1.165) is 62.6 Å². The largest absolute Gasteiger partial charge is 0.513 e. The minimum absolute atomic E-state index is 0.0751. The standard InChI is InChI=1S/C27H39NO4/c1-6-7-8-9-20-15-24(29)26(23-14-19(4)10-11-22(23)18(2)3)25(16-20)32-27(30)31-13-12-21-17-28(21)5/h14-16,21-23,29H,2,6-13,17H2,1,3-5H3/t21?,22-,23+,28?/m0/s1. The molecule has 32 heavy (non-hydrogen) atoms. The Hall–Kier alpha value is -2.27. The highest BCUT2D eigenvalue weighted by atomic mass is 16.7. The Morgan fingerprint density at radius 2 is 2.06 bits per heavy atom. The molecule has 1 aromatic carbocycles. The molecule has 1 aliphatic heterocycles. The van der Waals surface area contributed by atoms with Gasteiger partial charge in [0.15, 0.2) is 0 Å². The molecule has 5 heteroatoms. The number of phenolic OH excluding ortho intramolecular Hbond substituents is 1. The van der Waals surface area contributed by atoms with Gasteiger partial charge in [0.2, 0.25) is 0 Å². The van der Waals surface area contributed by atoms with Crippen LogP contribution in [0.1, 0.15) is 76.3 Å². The van der Waals surface area contributed by atoms with Gasteiger partial charge in [-0.25, -0.2) is 4.79 Å². The van der Waals surface area contributed by atoms with Gasteiger partial charge in [-0.05, 0) is 76.6 Å². The molecule has 0 radical (unpaired) electrons. The third kappa shape index (κ3) is 6.38. The minimum Gasteiger partial charge on any atom is -0.507 e. The Balaban J connectivity index is 1.85. The Kier molecular flexibility index (Phi) is 8.41. The fraction of sp³-hybridized carbons (Fsp3) is 0.593. The number of allylic oxidation sites excluding steroid dienone is 3. The summed E-state index contributed by atoms with van der Waals surface area (Å²) in [5.74, 6) is 0.712. The monoisotopic (exact) mass is 441 g/mol. The summed E-state index contributed by atoms with van der Waals surface area (Å²) in [4.78, 5) is 14.7. The SMILES string of the molecule is C=C(C)[C@@H]1CCC(C)=C[C@H]1c1c(O)cc(CCCCC)cc1OC(=O)OCCC1CN1C. The summed E-state index contributed by atoms with van der Waals surface area (Å²) >= 11 is 0. The first-order valence-corrected chi connectivity index (χ1v) is 12.0. The molecule has 4 atom stereocenters. The minimum atomic E-state index is -0.706. The van der Waals surface area contributed by atoms with Crippen molar-refractivity contribution < 1.29 is 19.4 Å². The molecular formula is C27H39NO4. The molecule has 0 saturated carbocycles. The highest BCUT2D eigenvalue weighted by molar-refractivity contribution is 5.66. The van der Waals surface area contributed by atoms with Crippen molar-refractivity contribution in [1.29, 1.82) is 0 Å². The van der Waals surface area contributed by atoms with Crippen LogP contribution in [0.2, 0.25) is 0 Å². The summed E-state index contributed by atoms with van der Waals surface area (Å²) in [6.45, 7) is 11.9. The number of unbranched alkanes of at least 4 members (excludes halogenated alkanes) is 2. The lowest BCUT2D eigenvalue weighted by Gasteiger charge is -2.32. The Morgan fingerprint density at radius 3 is 2.72 bits per heavy atom. The summed E-state index contributed by atoms with van der Waals surface area (Å²) < 4.78 is 11.1. The first-order valence-electron chi connectivity index (χ1n) is 12.0. The zero-order valence-electron chi connectivity index (χ0n) is 20.2. The molecule has 2 unspecified atom stereocenters. The first-order chi connectivity index (χ1) is 15.3. The number of carbonyl (C=O) groups is 1. The maximum Gasteiger partial charge on any atom is 0.513 e. The third-order valence-electron chi connectivity index (χ3n) is 6.82. The van der Waals surface area contributed by atoms with Gasteiger partial charge in [-0.2, -0.15) is 0 Å². The van der Waals surface area contributed by atoms with Gasteiger partial charge in [-0.3, -0.25) is 0 Å². The molecular weight excluding hydrogens is 402 g/mol. The Morgan fingerprint density at radius 1 is 1.31 bits per heavy atom. The predicted molar refractivity (Wildman–Crippen MR) is 128 cm³/mol. The summed E-state index contributed by atoms with van der Waals surface area (Å²) in [6.07, 6.45) is 8.40. The number of hydrogen-bond donors (Lipinski definition) is 1. The van der Waals surface area contributed by atoms with Gasteiger partial charge in [0.05, 0.1) is 6.61 Å². The van der Waals surface area contributed by atoms with Crippen LogP contribution < -0.4 is 4.74 Å². The summed E-state index contributed by atoms with van der Waals surface area (Å²) in [5.41, 5.74) is 3.99. The lowest BCUT2D eigenvalue weighted by molar-refractivity contribution is 0.0966. The van der Waals surface area contributed by atoms with E-state index in [-0.39, 0.29) is 17.6 Å². The number of benzene rings is 1. The second-order valence-electron chi connectivity index (χ2n) is 9.60. The lowest BCUT2D eigenvalue weighted by Crippen LogP contribution is -2.20. The lowest BCUT2D eigenvalue weighted by atomic mass is 9.73. The predicted octanol–water partition coefficient (Wildman–Crippen LogP) is 6.36. The molecule has 3 rings (SSSR count). The zero-order chi connectivity index (χ0) is 23.3. The highest BCUT2D eigenvalue weighted by Gasteiger charge is 2.32. The van der Waals surface area contributed by atoms with Crippen LogP contribution in [0.5, 0.6) is 11.5 Å². The van der Waals surface area contributed by atoms with E-state index in [1.165, 1.54) is 5.57 Å². The van der Waals surface area contributed by atoms with Crippen LogP contribution in [0.25, 0.3) is 0 Å². The van der Waals surface area contributed by atoms with Crippen molar-refractivity contribution in [3.63, 3.8) is 0 Å². The quantitative estimate of drug-likeness (QED) is 0.150. The second-order valence-corrected chi connectivity index (χ2v) is 9.60. The van der Waals surface area contributed by atoms with Gasteiger partial charge in [-0.1, -0.05) is 43.6 Å². The van der Waals surface area contributed by atoms with E-state index in [9.17, 15) is 9.90 Å². The molecule has 1 saturated heterocycles. The van der Waals surface area contributed by atoms with Crippen LogP contribution in [0.15, 0.2) is 35.9 Å². The molecule has 176 valence electrons. The van der Waals surface area contributed by atoms with Crippen LogP contribution in [-0.4, -0.2) is 42.4 Å². The van der Waals surface area contributed by atoms with Gasteiger partial charge in [-0.15, -0.1) is 0 Å². The number of phenols is 1. The van der Waals surface area contributed by atoms with Gasteiger partial charge >= 0.3 is 6.16 Å². The van der Waals surface area contributed by atoms with Gasteiger partial charge in [0.1, 0.15) is 11.5 Å². The summed E-state index contributed by atoms with van der Waals surface area (Å²) in [5, 5.41) is 11.1. The molecule has 0 aromatic heterocycles.